The maximum atomic E-state index is 12.4. The molecule has 1 unspecified atom stereocenters. The number of hydrogen-bond acceptors (Lipinski definition) is 3. The van der Waals surface area contributed by atoms with Gasteiger partial charge in [0.2, 0.25) is 5.91 Å². The molecular formula is C16H18N2OS. The number of benzene rings is 2. The first-order valence-corrected chi connectivity index (χ1v) is 7.74. The molecule has 1 amide bonds. The monoisotopic (exact) mass is 286 g/mol. The third-order valence-electron chi connectivity index (χ3n) is 3.50. The molecule has 1 aliphatic rings. The fourth-order valence-corrected chi connectivity index (χ4v) is 3.53. The fourth-order valence-electron chi connectivity index (χ4n) is 2.49. The van der Waals surface area contributed by atoms with Crippen molar-refractivity contribution in [3.05, 3.63) is 42.5 Å². The zero-order valence-corrected chi connectivity index (χ0v) is 12.5. The Hall–Kier alpha value is -1.52. The Morgan fingerprint density at radius 3 is 2.75 bits per heavy atom. The second kappa shape index (κ2) is 5.11. The summed E-state index contributed by atoms with van der Waals surface area (Å²) in [7, 11) is 0. The second-order valence-electron chi connectivity index (χ2n) is 5.53. The number of thioether (sulfide) groups is 1. The predicted octanol–water partition coefficient (Wildman–Crippen LogP) is 3.22. The number of amides is 1. The highest BCUT2D eigenvalue weighted by Gasteiger charge is 2.34. The van der Waals surface area contributed by atoms with Crippen molar-refractivity contribution in [1.82, 2.24) is 5.32 Å². The van der Waals surface area contributed by atoms with E-state index in [4.69, 9.17) is 0 Å². The number of carbonyl (C=O) groups excluding carboxylic acids is 1. The lowest BCUT2D eigenvalue weighted by Crippen LogP contribution is -2.44. The van der Waals surface area contributed by atoms with Gasteiger partial charge in [0.15, 0.2) is 0 Å². The molecule has 0 radical (unpaired) electrons. The Labute approximate surface area is 123 Å². The molecule has 0 saturated carbocycles. The molecular weight excluding hydrogens is 268 g/mol. The third-order valence-corrected chi connectivity index (χ3v) is 4.84. The van der Waals surface area contributed by atoms with E-state index in [1.54, 1.807) is 11.8 Å². The standard InChI is InChI=1S/C16H18N2OS/c1-16(2)18-14(10-20-16)15(19)17-13-9-5-7-11-6-3-4-8-12(11)13/h3-9,14,18H,10H2,1-2H3,(H,17,19). The van der Waals surface area contributed by atoms with Crippen LogP contribution in [0, 0.1) is 0 Å². The summed E-state index contributed by atoms with van der Waals surface area (Å²) >= 11 is 1.78. The van der Waals surface area contributed by atoms with Crippen LogP contribution in [0.2, 0.25) is 0 Å². The molecule has 104 valence electrons. The molecule has 3 nitrogen and oxygen atoms in total. The molecule has 2 aromatic rings. The van der Waals surface area contributed by atoms with Gasteiger partial charge in [0.1, 0.15) is 0 Å². The van der Waals surface area contributed by atoms with E-state index in [1.165, 1.54) is 0 Å². The van der Waals surface area contributed by atoms with Crippen molar-refractivity contribution in [2.45, 2.75) is 24.8 Å². The average molecular weight is 286 g/mol. The van der Waals surface area contributed by atoms with E-state index < -0.39 is 0 Å². The zero-order chi connectivity index (χ0) is 14.2. The number of anilines is 1. The molecule has 3 rings (SSSR count). The Kier molecular flexibility index (Phi) is 3.44. The number of fused-ring (bicyclic) bond motifs is 1. The maximum absolute atomic E-state index is 12.4. The van der Waals surface area contributed by atoms with Crippen molar-refractivity contribution >= 4 is 34.1 Å². The number of carbonyl (C=O) groups is 1. The highest BCUT2D eigenvalue weighted by atomic mass is 32.2. The van der Waals surface area contributed by atoms with Crippen LogP contribution in [-0.2, 0) is 4.79 Å². The zero-order valence-electron chi connectivity index (χ0n) is 11.6. The highest BCUT2D eigenvalue weighted by Crippen LogP contribution is 2.30. The molecule has 0 spiro atoms. The van der Waals surface area contributed by atoms with Gasteiger partial charge in [-0.25, -0.2) is 0 Å². The van der Waals surface area contributed by atoms with Crippen molar-refractivity contribution in [3.8, 4) is 0 Å². The van der Waals surface area contributed by atoms with E-state index in [-0.39, 0.29) is 16.8 Å². The second-order valence-corrected chi connectivity index (χ2v) is 7.18. The minimum absolute atomic E-state index is 0.0270. The summed E-state index contributed by atoms with van der Waals surface area (Å²) in [5.74, 6) is 0.850. The summed E-state index contributed by atoms with van der Waals surface area (Å²) in [5.41, 5.74) is 0.879. The average Bonchev–Trinajstić information content (AvgIpc) is 2.80. The Morgan fingerprint density at radius 2 is 2.00 bits per heavy atom. The molecule has 0 aromatic heterocycles. The molecule has 20 heavy (non-hydrogen) atoms. The molecule has 1 fully saturated rings. The maximum Gasteiger partial charge on any atom is 0.242 e. The van der Waals surface area contributed by atoms with Gasteiger partial charge in [-0.3, -0.25) is 10.1 Å². The quantitative estimate of drug-likeness (QED) is 0.890. The molecule has 1 aliphatic heterocycles. The van der Waals surface area contributed by atoms with E-state index in [1.807, 2.05) is 30.3 Å². The third kappa shape index (κ3) is 2.67. The van der Waals surface area contributed by atoms with E-state index in [0.29, 0.717) is 0 Å². The van der Waals surface area contributed by atoms with Crippen molar-refractivity contribution in [1.29, 1.82) is 0 Å². The van der Waals surface area contributed by atoms with Crippen molar-refractivity contribution in [2.75, 3.05) is 11.1 Å². The topological polar surface area (TPSA) is 41.1 Å². The van der Waals surface area contributed by atoms with E-state index >= 15 is 0 Å². The fraction of sp³-hybridized carbons (Fsp3) is 0.312. The minimum Gasteiger partial charge on any atom is -0.324 e. The molecule has 4 heteroatoms. The van der Waals surface area contributed by atoms with Crippen LogP contribution < -0.4 is 10.6 Å². The van der Waals surface area contributed by atoms with Crippen LogP contribution in [-0.4, -0.2) is 22.6 Å². The van der Waals surface area contributed by atoms with Gasteiger partial charge < -0.3 is 5.32 Å². The van der Waals surface area contributed by atoms with Crippen LogP contribution in [0.4, 0.5) is 5.69 Å². The highest BCUT2D eigenvalue weighted by molar-refractivity contribution is 8.00. The summed E-state index contributed by atoms with van der Waals surface area (Å²) in [6.45, 7) is 4.20. The summed E-state index contributed by atoms with van der Waals surface area (Å²) in [6.07, 6.45) is 0. The van der Waals surface area contributed by atoms with E-state index in [9.17, 15) is 4.79 Å². The molecule has 1 saturated heterocycles. The summed E-state index contributed by atoms with van der Waals surface area (Å²) in [5, 5.41) is 8.61. The van der Waals surface area contributed by atoms with Crippen LogP contribution in [0.15, 0.2) is 42.5 Å². The van der Waals surface area contributed by atoms with Gasteiger partial charge in [-0.1, -0.05) is 36.4 Å². The minimum atomic E-state index is -0.131. The number of hydrogen-bond donors (Lipinski definition) is 2. The van der Waals surface area contributed by atoms with Crippen LogP contribution in [0.5, 0.6) is 0 Å². The van der Waals surface area contributed by atoms with Crippen LogP contribution in [0.3, 0.4) is 0 Å². The molecule has 0 bridgehead atoms. The van der Waals surface area contributed by atoms with Gasteiger partial charge in [0.25, 0.3) is 0 Å². The van der Waals surface area contributed by atoms with Crippen molar-refractivity contribution in [3.63, 3.8) is 0 Å². The van der Waals surface area contributed by atoms with Crippen LogP contribution >= 0.6 is 11.8 Å². The Balaban J connectivity index is 1.82. The normalized spacial score (nSPS) is 21.0. The lowest BCUT2D eigenvalue weighted by Gasteiger charge is -2.18. The van der Waals surface area contributed by atoms with Gasteiger partial charge in [0, 0.05) is 16.8 Å². The summed E-state index contributed by atoms with van der Waals surface area (Å²) in [6, 6.07) is 13.9. The Bertz CT molecular complexity index is 648. The largest absolute Gasteiger partial charge is 0.324 e. The van der Waals surface area contributed by atoms with Gasteiger partial charge in [-0.05, 0) is 25.3 Å². The molecule has 1 heterocycles. The first-order valence-electron chi connectivity index (χ1n) is 6.75. The van der Waals surface area contributed by atoms with Gasteiger partial charge in [-0.2, -0.15) is 0 Å². The lowest BCUT2D eigenvalue weighted by molar-refractivity contribution is -0.117. The van der Waals surface area contributed by atoms with Gasteiger partial charge in [0.05, 0.1) is 10.9 Å². The number of rotatable bonds is 2. The SMILES string of the molecule is CC1(C)NC(C(=O)Nc2cccc3ccccc23)CS1. The molecule has 1 atom stereocenters. The van der Waals surface area contributed by atoms with E-state index in [0.717, 1.165) is 22.2 Å². The Morgan fingerprint density at radius 1 is 1.25 bits per heavy atom. The smallest absolute Gasteiger partial charge is 0.242 e. The predicted molar refractivity (Wildman–Crippen MR) is 86.0 cm³/mol. The summed E-state index contributed by atoms with van der Waals surface area (Å²) < 4.78 is 0. The molecule has 2 aromatic carbocycles. The van der Waals surface area contributed by atoms with Crippen LogP contribution in [0.1, 0.15) is 13.8 Å². The lowest BCUT2D eigenvalue weighted by atomic mass is 10.1. The van der Waals surface area contributed by atoms with E-state index in [2.05, 4.69) is 36.6 Å². The van der Waals surface area contributed by atoms with Gasteiger partial charge >= 0.3 is 0 Å². The summed E-state index contributed by atoms with van der Waals surface area (Å²) in [4.78, 5) is 12.3. The molecule has 2 N–H and O–H groups in total. The van der Waals surface area contributed by atoms with Crippen molar-refractivity contribution < 1.29 is 4.79 Å². The molecule has 0 aliphatic carbocycles. The number of nitrogens with one attached hydrogen (secondary N) is 2. The van der Waals surface area contributed by atoms with Crippen molar-refractivity contribution in [2.24, 2.45) is 0 Å². The van der Waals surface area contributed by atoms with Crippen LogP contribution in [0.25, 0.3) is 10.8 Å². The van der Waals surface area contributed by atoms with Gasteiger partial charge in [-0.15, -0.1) is 11.8 Å². The first-order chi connectivity index (χ1) is 9.55. The first kappa shape index (κ1) is 13.5.